The van der Waals surface area contributed by atoms with Gasteiger partial charge in [0.15, 0.2) is 0 Å². The Kier molecular flexibility index (Phi) is 12.6. The second-order valence-electron chi connectivity index (χ2n) is 5.18. The van der Waals surface area contributed by atoms with E-state index in [1.54, 1.807) is 0 Å². The topological polar surface area (TPSA) is 158 Å². The van der Waals surface area contributed by atoms with Gasteiger partial charge in [-0.25, -0.2) is 0 Å². The molecule has 0 N–H and O–H groups in total. The van der Waals surface area contributed by atoms with Crippen molar-refractivity contribution in [2.75, 3.05) is 0 Å². The number of hydrogen-bond donors (Lipinski definition) is 0. The predicted octanol–water partition coefficient (Wildman–Crippen LogP) is 0.680. The Morgan fingerprint density at radius 3 is 0.667 bits per heavy atom. The molecule has 0 aromatic heterocycles. The van der Waals surface area contributed by atoms with Gasteiger partial charge in [-0.3, -0.25) is 28.8 Å². The van der Waals surface area contributed by atoms with Crippen LogP contribution in [-0.4, -0.2) is 53.4 Å². The molecule has 14 heteroatoms. The first-order chi connectivity index (χ1) is 13.6. The van der Waals surface area contributed by atoms with Crippen LogP contribution in [0.15, 0.2) is 24.6 Å². The molecule has 0 atom stereocenters. The summed E-state index contributed by atoms with van der Waals surface area (Å²) in [4.78, 5) is 64.6. The molecule has 0 aromatic carbocycles. The average molecular weight is 465 g/mol. The molecule has 0 aliphatic heterocycles. The van der Waals surface area contributed by atoms with E-state index in [0.29, 0.717) is 0 Å². The summed E-state index contributed by atoms with van der Waals surface area (Å²) in [6, 6.07) is 0. The predicted molar refractivity (Wildman–Crippen MR) is 102 cm³/mol. The van der Waals surface area contributed by atoms with Gasteiger partial charge in [0, 0.05) is 52.9 Å². The molecule has 0 amide bonds. The first-order valence-electron chi connectivity index (χ1n) is 8.07. The molecule has 0 bridgehead atoms. The minimum absolute atomic E-state index is 0.718. The molecule has 168 valence electrons. The van der Waals surface area contributed by atoms with Crippen molar-refractivity contribution in [3.05, 3.63) is 24.6 Å². The van der Waals surface area contributed by atoms with E-state index in [0.717, 1.165) is 52.9 Å². The summed E-state index contributed by atoms with van der Waals surface area (Å²) in [6.45, 7) is 13.3. The molecule has 12 nitrogen and oxygen atoms in total. The van der Waals surface area contributed by atoms with Crippen LogP contribution in [-0.2, 0) is 55.3 Å². The smallest absolute Gasteiger partial charge is 0.452 e. The van der Waals surface area contributed by atoms with E-state index < -0.39 is 53.4 Å². The standard InChI is InChI=1S/2C8H12O6Si/c2*1-5-15(12-6(2)9,13-7(3)10)14-8(4)11/h2*5H,1H2,2-4H3. The van der Waals surface area contributed by atoms with Crippen LogP contribution in [0.4, 0.5) is 0 Å². The molecular formula is C16H24O12Si2. The van der Waals surface area contributed by atoms with E-state index in [1.165, 1.54) is 0 Å². The monoisotopic (exact) mass is 464 g/mol. The molecule has 30 heavy (non-hydrogen) atoms. The lowest BCUT2D eigenvalue weighted by atomic mass is 10.9. The second-order valence-corrected chi connectivity index (χ2v) is 9.63. The lowest BCUT2D eigenvalue weighted by Crippen LogP contribution is -2.47. The van der Waals surface area contributed by atoms with Gasteiger partial charge in [0.2, 0.25) is 0 Å². The van der Waals surface area contributed by atoms with Crippen LogP contribution >= 0.6 is 0 Å². The summed E-state index contributed by atoms with van der Waals surface area (Å²) in [7, 11) is -7.49. The normalized spacial score (nSPS) is 10.1. The van der Waals surface area contributed by atoms with Gasteiger partial charge in [0.1, 0.15) is 0 Å². The van der Waals surface area contributed by atoms with Gasteiger partial charge in [0.25, 0.3) is 35.8 Å². The zero-order chi connectivity index (χ0) is 24.1. The molecular weight excluding hydrogens is 440 g/mol. The molecule has 0 aliphatic rings. The molecule has 0 radical (unpaired) electrons. The van der Waals surface area contributed by atoms with E-state index in [9.17, 15) is 28.8 Å². The van der Waals surface area contributed by atoms with Gasteiger partial charge in [-0.1, -0.05) is 13.2 Å². The number of carbonyl (C=O) groups excluding carboxylic acids is 6. The highest BCUT2D eigenvalue weighted by Crippen LogP contribution is 2.13. The van der Waals surface area contributed by atoms with Crippen molar-refractivity contribution in [1.29, 1.82) is 0 Å². The minimum Gasteiger partial charge on any atom is -0.452 e. The van der Waals surface area contributed by atoms with Gasteiger partial charge < -0.3 is 26.6 Å². The summed E-state index contributed by atoms with van der Waals surface area (Å²) in [5.74, 6) is -4.31. The Hall–Kier alpha value is -3.27. The molecule has 0 unspecified atom stereocenters. The molecule has 0 aliphatic carbocycles. The van der Waals surface area contributed by atoms with Crippen LogP contribution in [0.2, 0.25) is 0 Å². The van der Waals surface area contributed by atoms with Crippen molar-refractivity contribution in [3.8, 4) is 0 Å². The largest absolute Gasteiger partial charge is 0.734 e. The summed E-state index contributed by atoms with van der Waals surface area (Å²) in [6.07, 6.45) is 0. The van der Waals surface area contributed by atoms with Crippen molar-refractivity contribution in [2.24, 2.45) is 0 Å². The fourth-order valence-corrected chi connectivity index (χ4v) is 4.73. The van der Waals surface area contributed by atoms with Crippen molar-refractivity contribution < 1.29 is 55.3 Å². The minimum atomic E-state index is -3.74. The first-order valence-corrected chi connectivity index (χ1v) is 11.7. The van der Waals surface area contributed by atoms with Crippen molar-refractivity contribution in [2.45, 2.75) is 41.5 Å². The van der Waals surface area contributed by atoms with Crippen molar-refractivity contribution in [3.63, 3.8) is 0 Å². The number of rotatable bonds is 8. The van der Waals surface area contributed by atoms with Gasteiger partial charge in [-0.2, -0.15) is 0 Å². The van der Waals surface area contributed by atoms with E-state index in [4.69, 9.17) is 26.6 Å². The van der Waals surface area contributed by atoms with Gasteiger partial charge in [-0.15, -0.1) is 0 Å². The van der Waals surface area contributed by atoms with E-state index in [1.807, 2.05) is 0 Å². The average Bonchev–Trinajstić information content (AvgIpc) is 2.51. The zero-order valence-electron chi connectivity index (χ0n) is 17.5. The molecule has 0 rings (SSSR count). The highest BCUT2D eigenvalue weighted by atomic mass is 28.4. The quantitative estimate of drug-likeness (QED) is 0.463. The maximum atomic E-state index is 10.8. The molecule has 0 aromatic rings. The second kappa shape index (κ2) is 13.0. The van der Waals surface area contributed by atoms with Crippen molar-refractivity contribution >= 4 is 53.4 Å². The van der Waals surface area contributed by atoms with Crippen LogP contribution in [0.25, 0.3) is 0 Å². The van der Waals surface area contributed by atoms with E-state index >= 15 is 0 Å². The Morgan fingerprint density at radius 1 is 0.467 bits per heavy atom. The molecule has 0 heterocycles. The van der Waals surface area contributed by atoms with Crippen molar-refractivity contribution in [1.82, 2.24) is 0 Å². The Bertz CT molecular complexity index is 573. The molecule has 0 saturated carbocycles. The van der Waals surface area contributed by atoms with Gasteiger partial charge in [0.05, 0.1) is 0 Å². The number of carbonyl (C=O) groups is 6. The highest BCUT2D eigenvalue weighted by molar-refractivity contribution is 6.71. The fourth-order valence-electron chi connectivity index (χ4n) is 1.58. The molecule has 0 spiro atoms. The highest BCUT2D eigenvalue weighted by Gasteiger charge is 2.49. The maximum absolute atomic E-state index is 10.8. The lowest BCUT2D eigenvalue weighted by Gasteiger charge is -2.22. The third-order valence-electron chi connectivity index (χ3n) is 2.22. The summed E-state index contributed by atoms with van der Waals surface area (Å²) >= 11 is 0. The Balaban J connectivity index is 0. The van der Waals surface area contributed by atoms with Crippen LogP contribution in [0, 0.1) is 0 Å². The van der Waals surface area contributed by atoms with Crippen LogP contribution in [0.1, 0.15) is 41.5 Å². The third kappa shape index (κ3) is 13.0. The van der Waals surface area contributed by atoms with Crippen LogP contribution in [0.5, 0.6) is 0 Å². The maximum Gasteiger partial charge on any atom is 0.734 e. The molecule has 0 fully saturated rings. The SMILES string of the molecule is C=C[Si](OC(C)=O)(OC(C)=O)OC(C)=O.C=C[Si](OC(C)=O)(OC(C)=O)OC(C)=O. The van der Waals surface area contributed by atoms with E-state index in [-0.39, 0.29) is 0 Å². The first kappa shape index (κ1) is 28.9. The van der Waals surface area contributed by atoms with Crippen LogP contribution < -0.4 is 0 Å². The zero-order valence-corrected chi connectivity index (χ0v) is 19.5. The Morgan fingerprint density at radius 2 is 0.600 bits per heavy atom. The van der Waals surface area contributed by atoms with Crippen LogP contribution in [0.3, 0.4) is 0 Å². The molecule has 0 saturated heterocycles. The van der Waals surface area contributed by atoms with Gasteiger partial charge in [-0.05, 0) is 0 Å². The number of hydrogen-bond acceptors (Lipinski definition) is 12. The van der Waals surface area contributed by atoms with Gasteiger partial charge >= 0.3 is 17.6 Å². The van der Waals surface area contributed by atoms with E-state index in [2.05, 4.69) is 13.2 Å². The summed E-state index contributed by atoms with van der Waals surface area (Å²) < 4.78 is 28.2. The fraction of sp³-hybridized carbons (Fsp3) is 0.375. The third-order valence-corrected chi connectivity index (χ3v) is 6.65. The lowest BCUT2D eigenvalue weighted by molar-refractivity contribution is -0.150. The Labute approximate surface area is 175 Å². The summed E-state index contributed by atoms with van der Waals surface area (Å²) in [5, 5.41) is 0. The summed E-state index contributed by atoms with van der Waals surface area (Å²) in [5.41, 5.74) is 2.08.